The number of carbonyl (C=O) groups is 1. The molecule has 21 heavy (non-hydrogen) atoms. The van der Waals surface area contributed by atoms with Gasteiger partial charge in [0.15, 0.2) is 0 Å². The molecule has 0 saturated carbocycles. The van der Waals surface area contributed by atoms with Gasteiger partial charge in [-0.1, -0.05) is 26.7 Å². The molecule has 5 nitrogen and oxygen atoms in total. The van der Waals surface area contributed by atoms with Crippen LogP contribution in [0.3, 0.4) is 0 Å². The number of aryl methyl sites for hydroxylation is 1. The van der Waals surface area contributed by atoms with Crippen molar-refractivity contribution in [2.75, 3.05) is 0 Å². The molecule has 7 heteroatoms. The molecule has 0 spiro atoms. The summed E-state index contributed by atoms with van der Waals surface area (Å²) in [6.45, 7) is 6.28. The summed E-state index contributed by atoms with van der Waals surface area (Å²) in [7, 11) is 3.08. The van der Waals surface area contributed by atoms with Crippen LogP contribution < -0.4 is 5.32 Å². The largest absolute Gasteiger partial charge is 0.348 e. The average Bonchev–Trinajstić information content (AvgIpc) is 2.70. The summed E-state index contributed by atoms with van der Waals surface area (Å²) in [6, 6.07) is 1.33. The second-order valence-corrected chi connectivity index (χ2v) is 8.37. The van der Waals surface area contributed by atoms with E-state index in [1.165, 1.54) is 16.8 Å². The third-order valence-electron chi connectivity index (χ3n) is 3.29. The Hall–Kier alpha value is -1.01. The number of carbonyl (C=O) groups excluding carboxylic acids is 1. The minimum absolute atomic E-state index is 0.0437. The first-order valence-electron chi connectivity index (χ1n) is 7.03. The third kappa shape index (κ3) is 5.71. The minimum atomic E-state index is -3.82. The smallest absolute Gasteiger partial charge is 0.268 e. The van der Waals surface area contributed by atoms with Gasteiger partial charge >= 0.3 is 0 Å². The van der Waals surface area contributed by atoms with Crippen molar-refractivity contribution in [2.45, 2.75) is 51.0 Å². The number of nitrogens with zero attached hydrogens (tertiary/aromatic N) is 1. The number of nitrogens with one attached hydrogen (secondary N) is 1. The molecule has 1 N–H and O–H groups in total. The molecule has 0 aliphatic carbocycles. The average molecular weight is 335 g/mol. The fourth-order valence-electron chi connectivity index (χ4n) is 2.10. The zero-order valence-corrected chi connectivity index (χ0v) is 14.5. The molecule has 0 saturated heterocycles. The lowest BCUT2D eigenvalue weighted by Gasteiger charge is -2.14. The Morgan fingerprint density at radius 2 is 1.95 bits per heavy atom. The molecule has 0 aromatic carbocycles. The van der Waals surface area contributed by atoms with Gasteiger partial charge in [0.05, 0.1) is 0 Å². The van der Waals surface area contributed by atoms with Gasteiger partial charge < -0.3 is 9.88 Å². The molecule has 1 aromatic rings. The van der Waals surface area contributed by atoms with Crippen molar-refractivity contribution in [3.05, 3.63) is 18.0 Å². The fraction of sp³-hybridized carbons (Fsp3) is 0.643. The highest BCUT2D eigenvalue weighted by molar-refractivity contribution is 8.13. The van der Waals surface area contributed by atoms with Gasteiger partial charge in [-0.3, -0.25) is 4.79 Å². The zero-order valence-electron chi connectivity index (χ0n) is 12.9. The van der Waals surface area contributed by atoms with E-state index in [1.807, 2.05) is 6.92 Å². The molecule has 1 aromatic heterocycles. The maximum atomic E-state index is 12.1. The van der Waals surface area contributed by atoms with Crippen LogP contribution in [0, 0.1) is 5.92 Å². The van der Waals surface area contributed by atoms with Crippen LogP contribution in [0.4, 0.5) is 0 Å². The molecule has 1 atom stereocenters. The zero-order chi connectivity index (χ0) is 16.2. The molecule has 0 radical (unpaired) electrons. The highest BCUT2D eigenvalue weighted by atomic mass is 35.7. The van der Waals surface area contributed by atoms with Gasteiger partial charge in [-0.25, -0.2) is 8.42 Å². The number of hydrogen-bond donors (Lipinski definition) is 1. The molecule has 120 valence electrons. The Morgan fingerprint density at radius 3 is 2.43 bits per heavy atom. The molecule has 0 fully saturated rings. The maximum Gasteiger partial charge on any atom is 0.268 e. The number of hydrogen-bond acceptors (Lipinski definition) is 3. The first-order valence-corrected chi connectivity index (χ1v) is 9.34. The van der Waals surface area contributed by atoms with Crippen LogP contribution in [0.15, 0.2) is 17.2 Å². The number of amides is 1. The summed E-state index contributed by atoms with van der Waals surface area (Å²) >= 11 is 0. The highest BCUT2D eigenvalue weighted by Crippen LogP contribution is 2.18. The molecule has 1 rings (SSSR count). The van der Waals surface area contributed by atoms with Crippen molar-refractivity contribution in [3.63, 3.8) is 0 Å². The molecule has 1 amide bonds. The molecule has 0 aliphatic heterocycles. The maximum absolute atomic E-state index is 12.1. The molecule has 1 heterocycles. The standard InChI is InChI=1S/C14H23ClN2O3S/c1-10(2)6-5-7-11(3)16-14(18)13-8-12(9-17(13)4)21(15,19)20/h8-11H,5-7H2,1-4H3,(H,16,18). The van der Waals surface area contributed by atoms with E-state index in [2.05, 4.69) is 19.2 Å². The van der Waals surface area contributed by atoms with Crippen molar-refractivity contribution in [2.24, 2.45) is 13.0 Å². The van der Waals surface area contributed by atoms with E-state index in [9.17, 15) is 13.2 Å². The number of rotatable bonds is 7. The second-order valence-electron chi connectivity index (χ2n) is 5.81. The summed E-state index contributed by atoms with van der Waals surface area (Å²) in [5.74, 6) is 0.360. The van der Waals surface area contributed by atoms with E-state index < -0.39 is 9.05 Å². The lowest BCUT2D eigenvalue weighted by Crippen LogP contribution is -2.33. The van der Waals surface area contributed by atoms with Gasteiger partial charge in [0.2, 0.25) is 0 Å². The van der Waals surface area contributed by atoms with Crippen LogP contribution >= 0.6 is 10.7 Å². The van der Waals surface area contributed by atoms with E-state index in [4.69, 9.17) is 10.7 Å². The monoisotopic (exact) mass is 334 g/mol. The Bertz CT molecular complexity index is 593. The van der Waals surface area contributed by atoms with Crippen LogP contribution in [0.2, 0.25) is 0 Å². The topological polar surface area (TPSA) is 68.2 Å². The van der Waals surface area contributed by atoms with Crippen molar-refractivity contribution < 1.29 is 13.2 Å². The van der Waals surface area contributed by atoms with Crippen LogP contribution in [0.5, 0.6) is 0 Å². The lowest BCUT2D eigenvalue weighted by molar-refractivity contribution is 0.0929. The Labute approximate surface area is 131 Å². The molecular formula is C14H23ClN2O3S. The molecule has 1 unspecified atom stereocenters. The van der Waals surface area contributed by atoms with Crippen molar-refractivity contribution >= 4 is 25.6 Å². The van der Waals surface area contributed by atoms with Crippen molar-refractivity contribution in [1.82, 2.24) is 9.88 Å². The third-order valence-corrected chi connectivity index (χ3v) is 4.61. The summed E-state index contributed by atoms with van der Waals surface area (Å²) in [6.07, 6.45) is 4.41. The van der Waals surface area contributed by atoms with E-state index >= 15 is 0 Å². The summed E-state index contributed by atoms with van der Waals surface area (Å²) in [5, 5.41) is 2.88. The Kier molecular flexibility index (Phi) is 6.28. The minimum Gasteiger partial charge on any atom is -0.348 e. The van der Waals surface area contributed by atoms with E-state index in [0.29, 0.717) is 5.92 Å². The summed E-state index contributed by atoms with van der Waals surface area (Å²) < 4.78 is 24.0. The molecular weight excluding hydrogens is 312 g/mol. The van der Waals surface area contributed by atoms with E-state index in [0.717, 1.165) is 19.3 Å². The van der Waals surface area contributed by atoms with Crippen LogP contribution in [0.1, 0.15) is 50.5 Å². The van der Waals surface area contributed by atoms with Gasteiger partial charge in [-0.15, -0.1) is 0 Å². The van der Waals surface area contributed by atoms with Crippen molar-refractivity contribution in [1.29, 1.82) is 0 Å². The summed E-state index contributed by atoms with van der Waals surface area (Å²) in [5.41, 5.74) is 0.282. The van der Waals surface area contributed by atoms with Crippen LogP contribution in [-0.2, 0) is 16.1 Å². The predicted molar refractivity (Wildman–Crippen MR) is 84.1 cm³/mol. The SMILES string of the molecule is CC(C)CCCC(C)NC(=O)c1cc(S(=O)(=O)Cl)cn1C. The lowest BCUT2D eigenvalue weighted by atomic mass is 10.0. The molecule has 0 aliphatic rings. The fourth-order valence-corrected chi connectivity index (χ4v) is 2.89. The van der Waals surface area contributed by atoms with Gasteiger partial charge in [-0.2, -0.15) is 0 Å². The highest BCUT2D eigenvalue weighted by Gasteiger charge is 2.19. The molecule has 0 bridgehead atoms. The van der Waals surface area contributed by atoms with Crippen LogP contribution in [-0.4, -0.2) is 24.9 Å². The Morgan fingerprint density at radius 1 is 1.33 bits per heavy atom. The predicted octanol–water partition coefficient (Wildman–Crippen LogP) is 2.90. The first-order chi connectivity index (χ1) is 9.61. The van der Waals surface area contributed by atoms with Crippen molar-refractivity contribution in [3.8, 4) is 0 Å². The van der Waals surface area contributed by atoms with Gasteiger partial charge in [0.25, 0.3) is 15.0 Å². The second kappa shape index (κ2) is 7.31. The van der Waals surface area contributed by atoms with E-state index in [1.54, 1.807) is 7.05 Å². The quantitative estimate of drug-likeness (QED) is 0.779. The van der Waals surface area contributed by atoms with Gasteiger partial charge in [-0.05, 0) is 25.3 Å². The summed E-state index contributed by atoms with van der Waals surface area (Å²) in [4.78, 5) is 12.1. The van der Waals surface area contributed by atoms with E-state index in [-0.39, 0.29) is 22.5 Å². The van der Waals surface area contributed by atoms with Crippen LogP contribution in [0.25, 0.3) is 0 Å². The number of halogens is 1. The van der Waals surface area contributed by atoms with Gasteiger partial charge in [0, 0.05) is 30.0 Å². The normalized spacial score (nSPS) is 13.4. The first kappa shape index (κ1) is 18.0. The Balaban J connectivity index is 2.66. The van der Waals surface area contributed by atoms with Gasteiger partial charge in [0.1, 0.15) is 10.6 Å². The number of aromatic nitrogens is 1.